The first kappa shape index (κ1) is 15.8. The lowest BCUT2D eigenvalue weighted by molar-refractivity contribution is -0.132. The molecule has 0 saturated carbocycles. The summed E-state index contributed by atoms with van der Waals surface area (Å²) in [6, 6.07) is 6.67. The average molecular weight is 311 g/mol. The number of aryl methyl sites for hydroxylation is 3. The Morgan fingerprint density at radius 2 is 2.17 bits per heavy atom. The SMILES string of the molecule is Cc1cccc(C2CCCN2C(=O)CCc2cnn(C)c2)c1C. The predicted octanol–water partition coefficient (Wildman–Crippen LogP) is 3.33. The Hall–Kier alpha value is -2.10. The molecule has 0 N–H and O–H groups in total. The highest BCUT2D eigenvalue weighted by Gasteiger charge is 2.30. The first-order chi connectivity index (χ1) is 11.1. The highest BCUT2D eigenvalue weighted by Crippen LogP contribution is 2.35. The second-order valence-electron chi connectivity index (χ2n) is 6.56. The Bertz CT molecular complexity index is 704. The molecule has 1 aliphatic rings. The zero-order valence-corrected chi connectivity index (χ0v) is 14.2. The minimum absolute atomic E-state index is 0.247. The maximum absolute atomic E-state index is 12.7. The largest absolute Gasteiger partial charge is 0.336 e. The van der Waals surface area contributed by atoms with Gasteiger partial charge in [0.1, 0.15) is 0 Å². The van der Waals surface area contributed by atoms with Crippen LogP contribution in [0.3, 0.4) is 0 Å². The number of carbonyl (C=O) groups excluding carboxylic acids is 1. The van der Waals surface area contributed by atoms with Crippen molar-refractivity contribution in [1.29, 1.82) is 0 Å². The van der Waals surface area contributed by atoms with Gasteiger partial charge in [-0.15, -0.1) is 0 Å². The molecule has 0 bridgehead atoms. The molecule has 4 heteroatoms. The molecule has 1 fully saturated rings. The standard InChI is InChI=1S/C19H25N3O/c1-14-6-4-7-17(15(14)2)18-8-5-11-22(18)19(23)10-9-16-12-20-21(3)13-16/h4,6-7,12-13,18H,5,8-11H2,1-3H3. The van der Waals surface area contributed by atoms with Crippen molar-refractivity contribution in [2.45, 2.75) is 45.6 Å². The second-order valence-corrected chi connectivity index (χ2v) is 6.56. The number of nitrogens with zero attached hydrogens (tertiary/aromatic N) is 3. The molecular formula is C19H25N3O. The number of hydrogen-bond acceptors (Lipinski definition) is 2. The Morgan fingerprint density at radius 1 is 1.35 bits per heavy atom. The molecule has 2 aromatic rings. The van der Waals surface area contributed by atoms with Crippen LogP contribution in [0.5, 0.6) is 0 Å². The first-order valence-electron chi connectivity index (χ1n) is 8.39. The minimum atomic E-state index is 0.247. The van der Waals surface area contributed by atoms with Crippen LogP contribution in [0.25, 0.3) is 0 Å². The maximum atomic E-state index is 12.7. The fraction of sp³-hybridized carbons (Fsp3) is 0.474. The van der Waals surface area contributed by atoms with Crippen molar-refractivity contribution in [3.05, 3.63) is 52.8 Å². The van der Waals surface area contributed by atoms with Crippen LogP contribution in [0.15, 0.2) is 30.6 Å². The molecule has 4 nitrogen and oxygen atoms in total. The molecule has 0 spiro atoms. The van der Waals surface area contributed by atoms with Crippen molar-refractivity contribution in [3.8, 4) is 0 Å². The van der Waals surface area contributed by atoms with Gasteiger partial charge in [0, 0.05) is 26.2 Å². The molecule has 1 amide bonds. The van der Waals surface area contributed by atoms with E-state index in [1.54, 1.807) is 4.68 Å². The number of rotatable bonds is 4. The monoisotopic (exact) mass is 311 g/mol. The molecule has 3 rings (SSSR count). The zero-order chi connectivity index (χ0) is 16.4. The fourth-order valence-corrected chi connectivity index (χ4v) is 3.52. The second kappa shape index (κ2) is 6.57. The van der Waals surface area contributed by atoms with E-state index in [0.29, 0.717) is 6.42 Å². The fourth-order valence-electron chi connectivity index (χ4n) is 3.52. The number of carbonyl (C=O) groups is 1. The molecule has 1 aromatic carbocycles. The molecule has 23 heavy (non-hydrogen) atoms. The number of hydrogen-bond donors (Lipinski definition) is 0. The predicted molar refractivity (Wildman–Crippen MR) is 91.1 cm³/mol. The third-order valence-corrected chi connectivity index (χ3v) is 4.96. The Kier molecular flexibility index (Phi) is 4.51. The Labute approximate surface area is 138 Å². The molecule has 1 aromatic heterocycles. The van der Waals surface area contributed by atoms with Gasteiger partial charge in [0.25, 0.3) is 0 Å². The van der Waals surface area contributed by atoms with E-state index in [0.717, 1.165) is 31.4 Å². The number of likely N-dealkylation sites (tertiary alicyclic amines) is 1. The lowest BCUT2D eigenvalue weighted by Crippen LogP contribution is -2.31. The topological polar surface area (TPSA) is 38.1 Å². The third kappa shape index (κ3) is 3.31. The van der Waals surface area contributed by atoms with Gasteiger partial charge in [-0.2, -0.15) is 5.10 Å². The normalized spacial score (nSPS) is 17.7. The number of amides is 1. The summed E-state index contributed by atoms with van der Waals surface area (Å²) >= 11 is 0. The van der Waals surface area contributed by atoms with Crippen molar-refractivity contribution in [3.63, 3.8) is 0 Å². The van der Waals surface area contributed by atoms with Crippen LogP contribution in [-0.2, 0) is 18.3 Å². The van der Waals surface area contributed by atoms with E-state index in [9.17, 15) is 4.79 Å². The van der Waals surface area contributed by atoms with Gasteiger partial charge in [0.2, 0.25) is 5.91 Å². The Balaban J connectivity index is 1.70. The molecule has 0 aliphatic carbocycles. The lowest BCUT2D eigenvalue weighted by Gasteiger charge is -2.27. The van der Waals surface area contributed by atoms with Crippen LogP contribution in [0.2, 0.25) is 0 Å². The van der Waals surface area contributed by atoms with Crippen molar-refractivity contribution >= 4 is 5.91 Å². The molecule has 0 radical (unpaired) electrons. The van der Waals surface area contributed by atoms with Gasteiger partial charge in [-0.25, -0.2) is 0 Å². The molecule has 2 heterocycles. The number of aromatic nitrogens is 2. The van der Waals surface area contributed by atoms with Crippen molar-refractivity contribution in [2.24, 2.45) is 7.05 Å². The molecule has 1 unspecified atom stereocenters. The molecule has 122 valence electrons. The summed E-state index contributed by atoms with van der Waals surface area (Å²) in [7, 11) is 1.91. The van der Waals surface area contributed by atoms with Crippen LogP contribution in [-0.4, -0.2) is 27.1 Å². The van der Waals surface area contributed by atoms with E-state index >= 15 is 0 Å². The van der Waals surface area contributed by atoms with Crippen LogP contribution >= 0.6 is 0 Å². The highest BCUT2D eigenvalue weighted by molar-refractivity contribution is 5.77. The smallest absolute Gasteiger partial charge is 0.223 e. The van der Waals surface area contributed by atoms with Gasteiger partial charge in [0.05, 0.1) is 12.2 Å². The summed E-state index contributed by atoms with van der Waals surface area (Å²) in [5.41, 5.74) is 5.07. The minimum Gasteiger partial charge on any atom is -0.336 e. The third-order valence-electron chi connectivity index (χ3n) is 4.96. The summed E-state index contributed by atoms with van der Waals surface area (Å²) < 4.78 is 1.79. The van der Waals surface area contributed by atoms with E-state index in [2.05, 4.69) is 42.0 Å². The van der Waals surface area contributed by atoms with E-state index in [1.807, 2.05) is 19.4 Å². The van der Waals surface area contributed by atoms with Gasteiger partial charge in [-0.1, -0.05) is 18.2 Å². The quantitative estimate of drug-likeness (QED) is 0.868. The lowest BCUT2D eigenvalue weighted by atomic mass is 9.96. The van der Waals surface area contributed by atoms with Crippen molar-refractivity contribution in [1.82, 2.24) is 14.7 Å². The first-order valence-corrected chi connectivity index (χ1v) is 8.39. The molecule has 1 saturated heterocycles. The van der Waals surface area contributed by atoms with Gasteiger partial charge in [0.15, 0.2) is 0 Å². The van der Waals surface area contributed by atoms with E-state index in [1.165, 1.54) is 16.7 Å². The summed E-state index contributed by atoms with van der Waals surface area (Å²) in [4.78, 5) is 14.8. The van der Waals surface area contributed by atoms with Crippen LogP contribution < -0.4 is 0 Å². The van der Waals surface area contributed by atoms with Crippen LogP contribution in [0.1, 0.15) is 47.6 Å². The van der Waals surface area contributed by atoms with E-state index in [4.69, 9.17) is 0 Å². The highest BCUT2D eigenvalue weighted by atomic mass is 16.2. The van der Waals surface area contributed by atoms with Crippen molar-refractivity contribution in [2.75, 3.05) is 6.54 Å². The average Bonchev–Trinajstić information content (AvgIpc) is 3.16. The number of benzene rings is 1. The van der Waals surface area contributed by atoms with E-state index < -0.39 is 0 Å². The molecular weight excluding hydrogens is 286 g/mol. The van der Waals surface area contributed by atoms with E-state index in [-0.39, 0.29) is 11.9 Å². The van der Waals surface area contributed by atoms with Crippen LogP contribution in [0, 0.1) is 13.8 Å². The van der Waals surface area contributed by atoms with Crippen molar-refractivity contribution < 1.29 is 4.79 Å². The van der Waals surface area contributed by atoms with Gasteiger partial charge in [-0.05, 0) is 55.4 Å². The zero-order valence-electron chi connectivity index (χ0n) is 14.2. The Morgan fingerprint density at radius 3 is 2.91 bits per heavy atom. The summed E-state index contributed by atoms with van der Waals surface area (Å²) in [6.07, 6.45) is 7.33. The summed E-state index contributed by atoms with van der Waals surface area (Å²) in [5.74, 6) is 0.261. The molecule has 1 aliphatic heterocycles. The van der Waals surface area contributed by atoms with Gasteiger partial charge < -0.3 is 4.90 Å². The maximum Gasteiger partial charge on any atom is 0.223 e. The molecule has 1 atom stereocenters. The summed E-state index contributed by atoms with van der Waals surface area (Å²) in [6.45, 7) is 5.19. The van der Waals surface area contributed by atoms with Crippen LogP contribution in [0.4, 0.5) is 0 Å². The van der Waals surface area contributed by atoms with Gasteiger partial charge >= 0.3 is 0 Å². The summed E-state index contributed by atoms with van der Waals surface area (Å²) in [5, 5.41) is 4.17. The van der Waals surface area contributed by atoms with Gasteiger partial charge in [-0.3, -0.25) is 9.48 Å².